The summed E-state index contributed by atoms with van der Waals surface area (Å²) in [6.07, 6.45) is 0. The van der Waals surface area contributed by atoms with Crippen LogP contribution in [-0.4, -0.2) is 11.1 Å². The van der Waals surface area contributed by atoms with E-state index < -0.39 is 0 Å². The van der Waals surface area contributed by atoms with E-state index in [0.29, 0.717) is 22.9 Å². The van der Waals surface area contributed by atoms with E-state index in [2.05, 4.69) is 10.5 Å². The Morgan fingerprint density at radius 3 is 2.52 bits per heavy atom. The van der Waals surface area contributed by atoms with Crippen LogP contribution in [0.1, 0.15) is 21.8 Å². The van der Waals surface area contributed by atoms with Crippen molar-refractivity contribution in [3.05, 3.63) is 71.6 Å². The number of rotatable bonds is 4. The van der Waals surface area contributed by atoms with Crippen LogP contribution in [-0.2, 0) is 0 Å². The Labute approximate surface area is 133 Å². The predicted octanol–water partition coefficient (Wildman–Crippen LogP) is 4.34. The van der Waals surface area contributed by atoms with Crippen LogP contribution in [0.15, 0.2) is 59.1 Å². The van der Waals surface area contributed by atoms with Crippen LogP contribution in [0.2, 0.25) is 0 Å². The van der Waals surface area contributed by atoms with Gasteiger partial charge >= 0.3 is 0 Å². The lowest BCUT2D eigenvalue weighted by Crippen LogP contribution is -2.12. The molecular weight excluding hydrogens is 292 g/mol. The molecule has 1 aromatic heterocycles. The number of amides is 1. The number of aromatic nitrogens is 1. The highest BCUT2D eigenvalue weighted by Crippen LogP contribution is 2.29. The fourth-order valence-electron chi connectivity index (χ4n) is 2.05. The van der Waals surface area contributed by atoms with E-state index in [1.54, 1.807) is 25.1 Å². The van der Waals surface area contributed by atoms with Crippen molar-refractivity contribution in [2.24, 2.45) is 0 Å². The van der Waals surface area contributed by atoms with Crippen molar-refractivity contribution in [2.75, 3.05) is 5.32 Å². The Kier molecular flexibility index (Phi) is 4.10. The highest BCUT2D eigenvalue weighted by molar-refractivity contribution is 6.03. The second-order valence-electron chi connectivity index (χ2n) is 5.19. The molecule has 0 aliphatic carbocycles. The summed E-state index contributed by atoms with van der Waals surface area (Å²) in [5.74, 6) is 1.50. The summed E-state index contributed by atoms with van der Waals surface area (Å²) in [6.45, 7) is 3.75. The SMILES string of the molecule is Cc1ccc(Oc2ccccc2NC(=O)c2cc(C)on2)cc1. The van der Waals surface area contributed by atoms with E-state index >= 15 is 0 Å². The topological polar surface area (TPSA) is 64.4 Å². The van der Waals surface area contributed by atoms with E-state index in [-0.39, 0.29) is 11.6 Å². The molecule has 0 unspecified atom stereocenters. The average Bonchev–Trinajstić information content (AvgIpc) is 2.98. The molecule has 1 heterocycles. The summed E-state index contributed by atoms with van der Waals surface area (Å²) in [5, 5.41) is 6.49. The number of carbonyl (C=O) groups excluding carboxylic acids is 1. The zero-order valence-corrected chi connectivity index (χ0v) is 12.9. The lowest BCUT2D eigenvalue weighted by atomic mass is 10.2. The van der Waals surface area contributed by atoms with Crippen molar-refractivity contribution in [2.45, 2.75) is 13.8 Å². The molecule has 23 heavy (non-hydrogen) atoms. The maximum absolute atomic E-state index is 12.2. The summed E-state index contributed by atoms with van der Waals surface area (Å²) < 4.78 is 10.8. The van der Waals surface area contributed by atoms with Crippen molar-refractivity contribution in [1.29, 1.82) is 0 Å². The van der Waals surface area contributed by atoms with E-state index in [1.807, 2.05) is 43.3 Å². The lowest BCUT2D eigenvalue weighted by Gasteiger charge is -2.11. The van der Waals surface area contributed by atoms with Crippen LogP contribution in [0, 0.1) is 13.8 Å². The quantitative estimate of drug-likeness (QED) is 0.779. The van der Waals surface area contributed by atoms with Gasteiger partial charge in [-0.2, -0.15) is 0 Å². The van der Waals surface area contributed by atoms with Gasteiger partial charge in [0, 0.05) is 6.07 Å². The third kappa shape index (κ3) is 3.58. The van der Waals surface area contributed by atoms with Gasteiger partial charge < -0.3 is 14.6 Å². The van der Waals surface area contributed by atoms with Gasteiger partial charge in [-0.1, -0.05) is 35.0 Å². The van der Waals surface area contributed by atoms with Crippen molar-refractivity contribution in [1.82, 2.24) is 5.16 Å². The molecule has 0 saturated heterocycles. The van der Waals surface area contributed by atoms with Crippen LogP contribution in [0.5, 0.6) is 11.5 Å². The minimum atomic E-state index is -0.346. The Balaban J connectivity index is 1.80. The molecule has 5 heteroatoms. The van der Waals surface area contributed by atoms with Crippen LogP contribution in [0.3, 0.4) is 0 Å². The van der Waals surface area contributed by atoms with Crippen LogP contribution < -0.4 is 10.1 Å². The number of anilines is 1. The summed E-state index contributed by atoms with van der Waals surface area (Å²) in [4.78, 5) is 12.2. The van der Waals surface area contributed by atoms with E-state index in [1.165, 1.54) is 0 Å². The summed E-state index contributed by atoms with van der Waals surface area (Å²) in [7, 11) is 0. The average molecular weight is 308 g/mol. The monoisotopic (exact) mass is 308 g/mol. The van der Waals surface area contributed by atoms with Gasteiger partial charge in [0.15, 0.2) is 11.4 Å². The number of ether oxygens (including phenoxy) is 1. The number of nitrogens with zero attached hydrogens (tertiary/aromatic N) is 1. The highest BCUT2D eigenvalue weighted by atomic mass is 16.5. The molecule has 1 N–H and O–H groups in total. The smallest absolute Gasteiger partial charge is 0.277 e. The van der Waals surface area contributed by atoms with Crippen LogP contribution in [0.4, 0.5) is 5.69 Å². The maximum atomic E-state index is 12.2. The van der Waals surface area contributed by atoms with Crippen molar-refractivity contribution in [3.8, 4) is 11.5 Å². The Morgan fingerprint density at radius 1 is 1.09 bits per heavy atom. The molecule has 0 aliphatic heterocycles. The zero-order valence-electron chi connectivity index (χ0n) is 12.9. The first kappa shape index (κ1) is 14.8. The third-order valence-corrected chi connectivity index (χ3v) is 3.24. The third-order valence-electron chi connectivity index (χ3n) is 3.24. The van der Waals surface area contributed by atoms with Gasteiger partial charge in [-0.05, 0) is 38.1 Å². The number of carbonyl (C=O) groups is 1. The molecular formula is C18H16N2O3. The molecule has 0 spiro atoms. The predicted molar refractivity (Wildman–Crippen MR) is 86.9 cm³/mol. The number of aryl methyl sites for hydroxylation is 2. The van der Waals surface area contributed by atoms with Crippen molar-refractivity contribution < 1.29 is 14.1 Å². The van der Waals surface area contributed by atoms with Crippen LogP contribution in [0.25, 0.3) is 0 Å². The van der Waals surface area contributed by atoms with Gasteiger partial charge in [-0.3, -0.25) is 4.79 Å². The minimum Gasteiger partial charge on any atom is -0.455 e. The van der Waals surface area contributed by atoms with Gasteiger partial charge in [-0.15, -0.1) is 0 Å². The second-order valence-corrected chi connectivity index (χ2v) is 5.19. The van der Waals surface area contributed by atoms with E-state index in [4.69, 9.17) is 9.26 Å². The second kappa shape index (κ2) is 6.36. The largest absolute Gasteiger partial charge is 0.455 e. The molecule has 116 valence electrons. The molecule has 5 nitrogen and oxygen atoms in total. The van der Waals surface area contributed by atoms with Gasteiger partial charge in [0.1, 0.15) is 11.5 Å². The molecule has 1 amide bonds. The van der Waals surface area contributed by atoms with Crippen molar-refractivity contribution in [3.63, 3.8) is 0 Å². The minimum absolute atomic E-state index is 0.229. The number of para-hydroxylation sites is 2. The first-order valence-corrected chi connectivity index (χ1v) is 7.20. The Bertz CT molecular complexity index is 822. The molecule has 0 saturated carbocycles. The first-order chi connectivity index (χ1) is 11.1. The molecule has 0 atom stereocenters. The van der Waals surface area contributed by atoms with Crippen molar-refractivity contribution >= 4 is 11.6 Å². The fourth-order valence-corrected chi connectivity index (χ4v) is 2.05. The first-order valence-electron chi connectivity index (χ1n) is 7.20. The molecule has 3 rings (SSSR count). The van der Waals surface area contributed by atoms with E-state index in [9.17, 15) is 4.79 Å². The molecule has 0 aliphatic rings. The molecule has 0 radical (unpaired) electrons. The molecule has 2 aromatic carbocycles. The Morgan fingerprint density at radius 2 is 1.83 bits per heavy atom. The van der Waals surface area contributed by atoms with Crippen LogP contribution >= 0.6 is 0 Å². The summed E-state index contributed by atoms with van der Waals surface area (Å²) in [5.41, 5.74) is 1.95. The molecule has 3 aromatic rings. The summed E-state index contributed by atoms with van der Waals surface area (Å²) in [6, 6.07) is 16.5. The highest BCUT2D eigenvalue weighted by Gasteiger charge is 2.13. The number of hydrogen-bond donors (Lipinski definition) is 1. The van der Waals surface area contributed by atoms with E-state index in [0.717, 1.165) is 5.56 Å². The lowest BCUT2D eigenvalue weighted by molar-refractivity contribution is 0.101. The Hall–Kier alpha value is -3.08. The number of nitrogens with one attached hydrogen (secondary N) is 1. The zero-order chi connectivity index (χ0) is 16.2. The van der Waals surface area contributed by atoms with Gasteiger partial charge in [0.25, 0.3) is 5.91 Å². The molecule has 0 fully saturated rings. The number of benzene rings is 2. The van der Waals surface area contributed by atoms with Gasteiger partial charge in [0.05, 0.1) is 5.69 Å². The molecule has 0 bridgehead atoms. The fraction of sp³-hybridized carbons (Fsp3) is 0.111. The van der Waals surface area contributed by atoms with Gasteiger partial charge in [-0.25, -0.2) is 0 Å². The summed E-state index contributed by atoms with van der Waals surface area (Å²) >= 11 is 0. The van der Waals surface area contributed by atoms with Gasteiger partial charge in [0.2, 0.25) is 0 Å². The standard InChI is InChI=1S/C18H16N2O3/c1-12-7-9-14(10-8-12)22-17-6-4-3-5-15(17)19-18(21)16-11-13(2)23-20-16/h3-11H,1-2H3,(H,19,21). The normalized spacial score (nSPS) is 10.3. The maximum Gasteiger partial charge on any atom is 0.277 e. The number of hydrogen-bond acceptors (Lipinski definition) is 4.